The first kappa shape index (κ1) is 9.96. The fourth-order valence-corrected chi connectivity index (χ4v) is 1.71. The molecule has 2 unspecified atom stereocenters. The van der Waals surface area contributed by atoms with Gasteiger partial charge in [0.2, 0.25) is 0 Å². The monoisotopic (exact) mass is 173 g/mol. The summed E-state index contributed by atoms with van der Waals surface area (Å²) in [5.41, 5.74) is 5.99. The molecule has 1 rings (SSSR count). The predicted molar refractivity (Wildman–Crippen MR) is 48.0 cm³/mol. The lowest BCUT2D eigenvalue weighted by Crippen LogP contribution is -2.54. The summed E-state index contributed by atoms with van der Waals surface area (Å²) in [4.78, 5) is 0. The maximum atomic E-state index is 5.99. The minimum absolute atomic E-state index is 0.0683. The van der Waals surface area contributed by atoms with E-state index < -0.39 is 0 Å². The Morgan fingerprint density at radius 2 is 2.25 bits per heavy atom. The summed E-state index contributed by atoms with van der Waals surface area (Å²) < 4.78 is 10.9. The Balaban J connectivity index is 2.58. The zero-order chi connectivity index (χ0) is 9.14. The Bertz CT molecular complexity index is 138. The zero-order valence-electron chi connectivity index (χ0n) is 8.12. The van der Waals surface area contributed by atoms with E-state index >= 15 is 0 Å². The Kier molecular flexibility index (Phi) is 3.50. The van der Waals surface area contributed by atoms with Crippen molar-refractivity contribution >= 4 is 0 Å². The normalized spacial score (nSPS) is 43.0. The molecule has 0 aliphatic carbocycles. The van der Waals surface area contributed by atoms with Gasteiger partial charge in [0.25, 0.3) is 0 Å². The van der Waals surface area contributed by atoms with Crippen LogP contribution in [0.1, 0.15) is 20.3 Å². The lowest BCUT2D eigenvalue weighted by Gasteiger charge is -2.38. The first-order valence-electron chi connectivity index (χ1n) is 4.60. The predicted octanol–water partition coefficient (Wildman–Crippen LogP) is 0.774. The van der Waals surface area contributed by atoms with Gasteiger partial charge in [-0.2, -0.15) is 0 Å². The number of rotatable bonds is 2. The fraction of sp³-hybridized carbons (Fsp3) is 1.00. The van der Waals surface area contributed by atoms with Gasteiger partial charge in [-0.05, 0) is 12.3 Å². The SMILES string of the molecule is CCC1OCC(C)[C@@H](N)[C@H]1OC. The first-order chi connectivity index (χ1) is 5.70. The molecule has 0 bridgehead atoms. The maximum Gasteiger partial charge on any atom is 0.0986 e. The third-order valence-corrected chi connectivity index (χ3v) is 2.65. The van der Waals surface area contributed by atoms with Crippen LogP contribution in [0.25, 0.3) is 0 Å². The second-order valence-corrected chi connectivity index (χ2v) is 3.53. The summed E-state index contributed by atoms with van der Waals surface area (Å²) in [6.07, 6.45) is 1.22. The summed E-state index contributed by atoms with van der Waals surface area (Å²) in [6.45, 7) is 4.96. The molecule has 1 saturated heterocycles. The Morgan fingerprint density at radius 3 is 2.75 bits per heavy atom. The lowest BCUT2D eigenvalue weighted by atomic mass is 9.91. The number of hydrogen-bond acceptors (Lipinski definition) is 3. The number of nitrogens with two attached hydrogens (primary N) is 1. The molecule has 3 heteroatoms. The van der Waals surface area contributed by atoms with E-state index in [2.05, 4.69) is 13.8 Å². The molecule has 3 nitrogen and oxygen atoms in total. The van der Waals surface area contributed by atoms with Crippen molar-refractivity contribution in [2.24, 2.45) is 11.7 Å². The fourth-order valence-electron chi connectivity index (χ4n) is 1.71. The maximum absolute atomic E-state index is 5.99. The molecule has 0 amide bonds. The van der Waals surface area contributed by atoms with Crippen LogP contribution in [0.2, 0.25) is 0 Å². The van der Waals surface area contributed by atoms with Crippen molar-refractivity contribution in [3.05, 3.63) is 0 Å². The molecule has 0 spiro atoms. The van der Waals surface area contributed by atoms with Crippen LogP contribution in [0.3, 0.4) is 0 Å². The third-order valence-electron chi connectivity index (χ3n) is 2.65. The molecular formula is C9H19NO2. The van der Waals surface area contributed by atoms with Gasteiger partial charge in [0, 0.05) is 13.2 Å². The molecule has 0 aromatic heterocycles. The molecule has 1 aliphatic heterocycles. The van der Waals surface area contributed by atoms with Gasteiger partial charge in [-0.25, -0.2) is 0 Å². The van der Waals surface area contributed by atoms with E-state index in [4.69, 9.17) is 15.2 Å². The van der Waals surface area contributed by atoms with Crippen molar-refractivity contribution in [1.82, 2.24) is 0 Å². The van der Waals surface area contributed by atoms with E-state index in [0.29, 0.717) is 5.92 Å². The first-order valence-corrected chi connectivity index (χ1v) is 4.60. The number of ether oxygens (including phenoxy) is 2. The molecule has 0 saturated carbocycles. The zero-order valence-corrected chi connectivity index (χ0v) is 8.12. The van der Waals surface area contributed by atoms with E-state index in [9.17, 15) is 0 Å². The second-order valence-electron chi connectivity index (χ2n) is 3.53. The number of hydrogen-bond donors (Lipinski definition) is 1. The van der Waals surface area contributed by atoms with Gasteiger partial charge in [0.1, 0.15) is 0 Å². The van der Waals surface area contributed by atoms with Gasteiger partial charge < -0.3 is 15.2 Å². The molecule has 0 aromatic carbocycles. The summed E-state index contributed by atoms with van der Waals surface area (Å²) in [6, 6.07) is 0.119. The Labute approximate surface area is 74.2 Å². The molecule has 4 atom stereocenters. The van der Waals surface area contributed by atoms with E-state index in [1.54, 1.807) is 7.11 Å². The highest BCUT2D eigenvalue weighted by atomic mass is 16.5. The molecular weight excluding hydrogens is 154 g/mol. The third kappa shape index (κ3) is 1.79. The average Bonchev–Trinajstić information content (AvgIpc) is 2.09. The Morgan fingerprint density at radius 1 is 1.58 bits per heavy atom. The number of methoxy groups -OCH3 is 1. The van der Waals surface area contributed by atoms with E-state index in [1.807, 2.05) is 0 Å². The molecule has 1 aliphatic rings. The van der Waals surface area contributed by atoms with Crippen molar-refractivity contribution < 1.29 is 9.47 Å². The average molecular weight is 173 g/mol. The smallest absolute Gasteiger partial charge is 0.0986 e. The van der Waals surface area contributed by atoms with Crippen LogP contribution >= 0.6 is 0 Å². The van der Waals surface area contributed by atoms with Crippen molar-refractivity contribution in [2.45, 2.75) is 38.5 Å². The molecule has 1 fully saturated rings. The Hall–Kier alpha value is -0.120. The molecule has 12 heavy (non-hydrogen) atoms. The van der Waals surface area contributed by atoms with Gasteiger partial charge in [0.15, 0.2) is 0 Å². The molecule has 0 aromatic rings. The van der Waals surface area contributed by atoms with Crippen LogP contribution in [0, 0.1) is 5.92 Å². The van der Waals surface area contributed by atoms with Gasteiger partial charge >= 0.3 is 0 Å². The summed E-state index contributed by atoms with van der Waals surface area (Å²) in [5, 5.41) is 0. The van der Waals surface area contributed by atoms with E-state index in [1.165, 1.54) is 0 Å². The highest BCUT2D eigenvalue weighted by molar-refractivity contribution is 4.88. The van der Waals surface area contributed by atoms with Crippen LogP contribution in [-0.4, -0.2) is 32.0 Å². The van der Waals surface area contributed by atoms with Crippen LogP contribution in [-0.2, 0) is 9.47 Å². The van der Waals surface area contributed by atoms with Gasteiger partial charge in [-0.15, -0.1) is 0 Å². The van der Waals surface area contributed by atoms with Gasteiger partial charge in [-0.3, -0.25) is 0 Å². The highest BCUT2D eigenvalue weighted by Crippen LogP contribution is 2.22. The molecule has 2 N–H and O–H groups in total. The summed E-state index contributed by atoms with van der Waals surface area (Å²) in [7, 11) is 1.70. The van der Waals surface area contributed by atoms with Crippen LogP contribution in [0.4, 0.5) is 0 Å². The van der Waals surface area contributed by atoms with Crippen molar-refractivity contribution in [1.29, 1.82) is 0 Å². The minimum atomic E-state index is 0.0683. The van der Waals surface area contributed by atoms with E-state index in [0.717, 1.165) is 13.0 Å². The lowest BCUT2D eigenvalue weighted by molar-refractivity contribution is -0.121. The highest BCUT2D eigenvalue weighted by Gasteiger charge is 2.35. The van der Waals surface area contributed by atoms with Crippen LogP contribution in [0.15, 0.2) is 0 Å². The van der Waals surface area contributed by atoms with Crippen LogP contribution < -0.4 is 5.73 Å². The van der Waals surface area contributed by atoms with Crippen molar-refractivity contribution in [3.8, 4) is 0 Å². The largest absolute Gasteiger partial charge is 0.377 e. The molecule has 1 heterocycles. The topological polar surface area (TPSA) is 44.5 Å². The minimum Gasteiger partial charge on any atom is -0.377 e. The molecule has 0 radical (unpaired) electrons. The van der Waals surface area contributed by atoms with E-state index in [-0.39, 0.29) is 18.2 Å². The van der Waals surface area contributed by atoms with Crippen molar-refractivity contribution in [3.63, 3.8) is 0 Å². The van der Waals surface area contributed by atoms with Crippen LogP contribution in [0.5, 0.6) is 0 Å². The summed E-state index contributed by atoms with van der Waals surface area (Å²) >= 11 is 0. The quantitative estimate of drug-likeness (QED) is 0.671. The summed E-state index contributed by atoms with van der Waals surface area (Å²) in [5.74, 6) is 0.401. The van der Waals surface area contributed by atoms with Crippen molar-refractivity contribution in [2.75, 3.05) is 13.7 Å². The second kappa shape index (κ2) is 4.21. The van der Waals surface area contributed by atoms with Gasteiger partial charge in [0.05, 0.1) is 18.8 Å². The molecule has 72 valence electrons. The van der Waals surface area contributed by atoms with Gasteiger partial charge in [-0.1, -0.05) is 13.8 Å². The standard InChI is InChI=1S/C9H19NO2/c1-4-7-9(11-3)8(10)6(2)5-12-7/h6-9H,4-5,10H2,1-3H3/t6?,7?,8-,9+/m1/s1.